The molecule has 1 aliphatic rings. The molecule has 26 heavy (non-hydrogen) atoms. The van der Waals surface area contributed by atoms with Gasteiger partial charge in [-0.15, -0.1) is 0 Å². The third kappa shape index (κ3) is 4.40. The van der Waals surface area contributed by atoms with Gasteiger partial charge in [0.25, 0.3) is 5.91 Å². The van der Waals surface area contributed by atoms with Crippen LogP contribution in [0.15, 0.2) is 35.1 Å². The minimum absolute atomic E-state index is 0.00707. The van der Waals surface area contributed by atoms with Crippen LogP contribution in [0.25, 0.3) is 0 Å². The van der Waals surface area contributed by atoms with Crippen LogP contribution < -0.4 is 15.8 Å². The van der Waals surface area contributed by atoms with Gasteiger partial charge in [-0.05, 0) is 43.5 Å². The molecule has 0 aliphatic carbocycles. The molecule has 1 aliphatic heterocycles. The van der Waals surface area contributed by atoms with Crippen molar-refractivity contribution >= 4 is 34.8 Å². The molecule has 138 valence electrons. The van der Waals surface area contributed by atoms with E-state index in [-0.39, 0.29) is 17.5 Å². The number of rotatable bonds is 4. The Balaban J connectivity index is 1.71. The van der Waals surface area contributed by atoms with Gasteiger partial charge >= 0.3 is 0 Å². The maximum atomic E-state index is 12.6. The van der Waals surface area contributed by atoms with E-state index in [0.717, 1.165) is 30.8 Å². The lowest BCUT2D eigenvalue weighted by Gasteiger charge is -2.35. The highest BCUT2D eigenvalue weighted by Gasteiger charge is 2.23. The molecule has 3 rings (SSSR count). The topological polar surface area (TPSA) is 65.2 Å². The van der Waals surface area contributed by atoms with Crippen molar-refractivity contribution in [3.8, 4) is 0 Å². The zero-order valence-electron chi connectivity index (χ0n) is 14.5. The fourth-order valence-electron chi connectivity index (χ4n) is 3.24. The zero-order chi connectivity index (χ0) is 18.7. The molecule has 1 atom stereocenters. The Kier molecular flexibility index (Phi) is 5.89. The number of carbonyl (C=O) groups excluding carboxylic acids is 1. The second kappa shape index (κ2) is 8.14. The SMILES string of the molecule is CCc1cc(C(=O)NC2CCCN(c3ccc(Cl)cc3Cl)C2)cc(=O)[nH]1. The maximum absolute atomic E-state index is 12.6. The van der Waals surface area contributed by atoms with E-state index >= 15 is 0 Å². The van der Waals surface area contributed by atoms with Crippen molar-refractivity contribution in [2.75, 3.05) is 18.0 Å². The number of hydrogen-bond donors (Lipinski definition) is 2. The fourth-order valence-corrected chi connectivity index (χ4v) is 3.77. The van der Waals surface area contributed by atoms with Crippen molar-refractivity contribution in [2.45, 2.75) is 32.2 Å². The number of halogens is 2. The molecule has 1 amide bonds. The van der Waals surface area contributed by atoms with Gasteiger partial charge in [0.05, 0.1) is 10.7 Å². The highest BCUT2D eigenvalue weighted by Crippen LogP contribution is 2.30. The van der Waals surface area contributed by atoms with E-state index in [1.165, 1.54) is 6.07 Å². The van der Waals surface area contributed by atoms with Gasteiger partial charge < -0.3 is 15.2 Å². The number of amides is 1. The molecule has 2 aromatic rings. The summed E-state index contributed by atoms with van der Waals surface area (Å²) in [5, 5.41) is 4.24. The Morgan fingerprint density at radius 2 is 2.12 bits per heavy atom. The Hall–Kier alpha value is -1.98. The maximum Gasteiger partial charge on any atom is 0.251 e. The van der Waals surface area contributed by atoms with Crippen molar-refractivity contribution in [1.29, 1.82) is 0 Å². The summed E-state index contributed by atoms with van der Waals surface area (Å²) in [5.74, 6) is -0.222. The summed E-state index contributed by atoms with van der Waals surface area (Å²) in [7, 11) is 0. The van der Waals surface area contributed by atoms with Crippen LogP contribution in [0.1, 0.15) is 35.8 Å². The quantitative estimate of drug-likeness (QED) is 0.832. The lowest BCUT2D eigenvalue weighted by Crippen LogP contribution is -2.48. The molecule has 1 fully saturated rings. The third-order valence-corrected chi connectivity index (χ3v) is 5.09. The molecular formula is C19H21Cl2N3O2. The molecule has 0 saturated carbocycles. The Labute approximate surface area is 162 Å². The van der Waals surface area contributed by atoms with Gasteiger partial charge in [0, 0.05) is 41.5 Å². The number of hydrogen-bond acceptors (Lipinski definition) is 3. The lowest BCUT2D eigenvalue weighted by molar-refractivity contribution is 0.0933. The van der Waals surface area contributed by atoms with Crippen LogP contribution in [-0.4, -0.2) is 30.0 Å². The monoisotopic (exact) mass is 393 g/mol. The van der Waals surface area contributed by atoms with E-state index in [0.29, 0.717) is 28.6 Å². The number of nitrogens with zero attached hydrogens (tertiary/aromatic N) is 1. The predicted octanol–water partition coefficient (Wildman–Crippen LogP) is 3.64. The van der Waals surface area contributed by atoms with Crippen LogP contribution in [0, 0.1) is 0 Å². The van der Waals surface area contributed by atoms with E-state index < -0.39 is 0 Å². The van der Waals surface area contributed by atoms with Crippen molar-refractivity contribution in [3.63, 3.8) is 0 Å². The molecule has 2 N–H and O–H groups in total. The van der Waals surface area contributed by atoms with E-state index in [1.807, 2.05) is 19.1 Å². The molecule has 0 spiro atoms. The minimum Gasteiger partial charge on any atom is -0.368 e. The van der Waals surface area contributed by atoms with Crippen molar-refractivity contribution < 1.29 is 4.79 Å². The fraction of sp³-hybridized carbons (Fsp3) is 0.368. The van der Waals surface area contributed by atoms with Gasteiger partial charge in [-0.3, -0.25) is 9.59 Å². The number of piperidine rings is 1. The second-order valence-corrected chi connectivity index (χ2v) is 7.31. The summed E-state index contributed by atoms with van der Waals surface area (Å²) in [6.45, 7) is 3.47. The van der Waals surface area contributed by atoms with Gasteiger partial charge in [-0.25, -0.2) is 0 Å². The number of aromatic amines is 1. The van der Waals surface area contributed by atoms with E-state index in [2.05, 4.69) is 15.2 Å². The number of aryl methyl sites for hydroxylation is 1. The summed E-state index contributed by atoms with van der Waals surface area (Å²) in [6.07, 6.45) is 2.50. The molecule has 5 nitrogen and oxygen atoms in total. The van der Waals surface area contributed by atoms with Crippen LogP contribution in [0.5, 0.6) is 0 Å². The predicted molar refractivity (Wildman–Crippen MR) is 106 cm³/mol. The van der Waals surface area contributed by atoms with Crippen LogP contribution in [0.3, 0.4) is 0 Å². The third-order valence-electron chi connectivity index (χ3n) is 4.55. The largest absolute Gasteiger partial charge is 0.368 e. The first kappa shape index (κ1) is 18.8. The number of aromatic nitrogens is 1. The number of benzene rings is 1. The average Bonchev–Trinajstić information content (AvgIpc) is 2.61. The van der Waals surface area contributed by atoms with Crippen LogP contribution in [0.4, 0.5) is 5.69 Å². The lowest BCUT2D eigenvalue weighted by atomic mass is 10.0. The standard InChI is InChI=1S/C19H21Cl2N3O2/c1-2-14-8-12(9-18(25)22-14)19(26)23-15-4-3-7-24(11-15)17-6-5-13(20)10-16(17)21/h5-6,8-10,15H,2-4,7,11H2,1H3,(H,22,25)(H,23,26). The molecule has 7 heteroatoms. The van der Waals surface area contributed by atoms with Gasteiger partial charge in [0.1, 0.15) is 0 Å². The number of pyridine rings is 1. The normalized spacial score (nSPS) is 17.2. The number of nitrogens with one attached hydrogen (secondary N) is 2. The molecule has 0 radical (unpaired) electrons. The van der Waals surface area contributed by atoms with E-state index in [4.69, 9.17) is 23.2 Å². The summed E-state index contributed by atoms with van der Waals surface area (Å²) >= 11 is 12.3. The second-order valence-electron chi connectivity index (χ2n) is 6.47. The van der Waals surface area contributed by atoms with Crippen LogP contribution in [-0.2, 0) is 6.42 Å². The smallest absolute Gasteiger partial charge is 0.251 e. The van der Waals surface area contributed by atoms with Gasteiger partial charge in [-0.2, -0.15) is 0 Å². The zero-order valence-corrected chi connectivity index (χ0v) is 16.0. The number of carbonyl (C=O) groups is 1. The highest BCUT2D eigenvalue weighted by molar-refractivity contribution is 6.36. The molecule has 1 aromatic heterocycles. The Morgan fingerprint density at radius 3 is 2.85 bits per heavy atom. The molecule has 1 saturated heterocycles. The summed E-state index contributed by atoms with van der Waals surface area (Å²) < 4.78 is 0. The van der Waals surface area contributed by atoms with E-state index in [1.54, 1.807) is 12.1 Å². The summed E-state index contributed by atoms with van der Waals surface area (Å²) in [4.78, 5) is 29.1. The van der Waals surface area contributed by atoms with Gasteiger partial charge in [-0.1, -0.05) is 30.1 Å². The van der Waals surface area contributed by atoms with Crippen molar-refractivity contribution in [1.82, 2.24) is 10.3 Å². The molecule has 1 aromatic carbocycles. The van der Waals surface area contributed by atoms with Crippen LogP contribution >= 0.6 is 23.2 Å². The van der Waals surface area contributed by atoms with Crippen molar-refractivity contribution in [3.05, 3.63) is 62.0 Å². The first-order valence-corrected chi connectivity index (χ1v) is 9.46. The minimum atomic E-state index is -0.257. The number of anilines is 1. The van der Waals surface area contributed by atoms with E-state index in [9.17, 15) is 9.59 Å². The molecule has 0 bridgehead atoms. The first-order valence-electron chi connectivity index (χ1n) is 8.70. The molecular weight excluding hydrogens is 373 g/mol. The Bertz CT molecular complexity index is 866. The average molecular weight is 394 g/mol. The summed E-state index contributed by atoms with van der Waals surface area (Å²) in [5.41, 5.74) is 1.81. The highest BCUT2D eigenvalue weighted by atomic mass is 35.5. The van der Waals surface area contributed by atoms with Crippen molar-refractivity contribution in [2.24, 2.45) is 0 Å². The number of H-pyrrole nitrogens is 1. The molecule has 2 heterocycles. The van der Waals surface area contributed by atoms with Crippen LogP contribution in [0.2, 0.25) is 10.0 Å². The summed E-state index contributed by atoms with van der Waals surface area (Å²) in [6, 6.07) is 8.50. The molecule has 1 unspecified atom stereocenters. The first-order chi connectivity index (χ1) is 12.5. The van der Waals surface area contributed by atoms with Gasteiger partial charge in [0.15, 0.2) is 0 Å². The Morgan fingerprint density at radius 1 is 1.31 bits per heavy atom. The van der Waals surface area contributed by atoms with Gasteiger partial charge in [0.2, 0.25) is 5.56 Å².